The fraction of sp³-hybridized carbons (Fsp3) is 0.211. The van der Waals surface area contributed by atoms with Crippen LogP contribution in [-0.2, 0) is 4.79 Å². The first-order valence-corrected chi connectivity index (χ1v) is 8.19. The van der Waals surface area contributed by atoms with E-state index in [0.29, 0.717) is 45.9 Å². The van der Waals surface area contributed by atoms with Crippen LogP contribution in [-0.4, -0.2) is 50.5 Å². The molecule has 0 bridgehead atoms. The Balaban J connectivity index is 2.02. The second-order valence-corrected chi connectivity index (χ2v) is 5.65. The number of amides is 1. The van der Waals surface area contributed by atoms with E-state index >= 15 is 0 Å². The number of hydrogen-bond donors (Lipinski definition) is 1. The number of carbonyl (C=O) groups excluding carboxylic acids is 2. The monoisotopic (exact) mass is 385 g/mol. The molecule has 0 aliphatic rings. The maximum atomic E-state index is 12.7. The van der Waals surface area contributed by atoms with Gasteiger partial charge < -0.3 is 24.3 Å². The Morgan fingerprint density at radius 3 is 2.14 bits per heavy atom. The van der Waals surface area contributed by atoms with Crippen molar-refractivity contribution >= 4 is 29.0 Å². The maximum Gasteiger partial charge on any atom is 0.257 e. The first kappa shape index (κ1) is 19.0. The van der Waals surface area contributed by atoms with E-state index < -0.39 is 5.91 Å². The highest BCUT2D eigenvalue weighted by molar-refractivity contribution is 6.09. The van der Waals surface area contributed by atoms with Crippen molar-refractivity contribution in [2.75, 3.05) is 33.8 Å². The van der Waals surface area contributed by atoms with Gasteiger partial charge in [0.25, 0.3) is 5.91 Å². The van der Waals surface area contributed by atoms with Gasteiger partial charge in [-0.2, -0.15) is 0 Å². The van der Waals surface area contributed by atoms with E-state index in [0.717, 1.165) is 4.68 Å². The number of nitrogens with one attached hydrogen (secondary N) is 1. The van der Waals surface area contributed by atoms with Crippen LogP contribution in [0, 0.1) is 0 Å². The number of fused-ring (bicyclic) bond motifs is 1. The van der Waals surface area contributed by atoms with Crippen LogP contribution in [0.2, 0.25) is 0 Å². The number of rotatable bonds is 7. The van der Waals surface area contributed by atoms with Crippen molar-refractivity contribution in [1.29, 1.82) is 0 Å². The van der Waals surface area contributed by atoms with Gasteiger partial charge in [-0.25, -0.2) is 4.68 Å². The second-order valence-electron chi connectivity index (χ2n) is 5.65. The third-order valence-corrected chi connectivity index (χ3v) is 4.19. The molecule has 0 atom stereocenters. The fourth-order valence-corrected chi connectivity index (χ4v) is 2.79. The van der Waals surface area contributed by atoms with Crippen molar-refractivity contribution in [2.45, 2.75) is 0 Å². The Labute approximate surface area is 160 Å². The van der Waals surface area contributed by atoms with E-state index in [9.17, 15) is 9.59 Å². The van der Waals surface area contributed by atoms with Crippen LogP contribution in [0.25, 0.3) is 10.9 Å². The van der Waals surface area contributed by atoms with E-state index in [4.69, 9.17) is 18.9 Å². The van der Waals surface area contributed by atoms with E-state index in [1.54, 1.807) is 30.3 Å². The number of nitrogens with zero attached hydrogens (tertiary/aromatic N) is 2. The summed E-state index contributed by atoms with van der Waals surface area (Å²) in [5.41, 5.74) is 0.808. The summed E-state index contributed by atoms with van der Waals surface area (Å²) in [7, 11) is 5.98. The van der Waals surface area contributed by atoms with Gasteiger partial charge in [-0.3, -0.25) is 9.59 Å². The van der Waals surface area contributed by atoms with Gasteiger partial charge in [0, 0.05) is 17.0 Å². The lowest BCUT2D eigenvalue weighted by Crippen LogP contribution is -2.13. The number of methoxy groups -OCH3 is 4. The Kier molecular flexibility index (Phi) is 5.35. The molecule has 1 heterocycles. The van der Waals surface area contributed by atoms with Crippen LogP contribution in [0.4, 0.5) is 5.82 Å². The molecule has 0 radical (unpaired) electrons. The summed E-state index contributed by atoms with van der Waals surface area (Å²) in [4.78, 5) is 24.1. The summed E-state index contributed by atoms with van der Waals surface area (Å²) in [6, 6.07) is 8.03. The lowest BCUT2D eigenvalue weighted by Gasteiger charge is -2.10. The second kappa shape index (κ2) is 7.87. The molecule has 0 aliphatic carbocycles. The summed E-state index contributed by atoms with van der Waals surface area (Å²) in [6.07, 6.45) is 0.542. The summed E-state index contributed by atoms with van der Waals surface area (Å²) in [5, 5.41) is 7.39. The third-order valence-electron chi connectivity index (χ3n) is 4.19. The van der Waals surface area contributed by atoms with Crippen LogP contribution < -0.4 is 24.3 Å². The van der Waals surface area contributed by atoms with Gasteiger partial charge in [-0.1, -0.05) is 0 Å². The molecule has 2 aromatic carbocycles. The molecule has 1 aromatic heterocycles. The van der Waals surface area contributed by atoms with Crippen LogP contribution in [0.3, 0.4) is 0 Å². The molecule has 146 valence electrons. The average molecular weight is 385 g/mol. The number of benzene rings is 2. The molecule has 0 unspecified atom stereocenters. The van der Waals surface area contributed by atoms with Crippen LogP contribution in [0.1, 0.15) is 10.4 Å². The predicted octanol–water partition coefficient (Wildman–Crippen LogP) is 2.36. The van der Waals surface area contributed by atoms with Crippen molar-refractivity contribution in [1.82, 2.24) is 9.78 Å². The maximum absolute atomic E-state index is 12.7. The lowest BCUT2D eigenvalue weighted by atomic mass is 10.1. The molecular formula is C19H19N3O6. The average Bonchev–Trinajstić information content (AvgIpc) is 3.08. The number of anilines is 1. The zero-order valence-corrected chi connectivity index (χ0v) is 15.8. The topological polar surface area (TPSA) is 101 Å². The zero-order valence-electron chi connectivity index (χ0n) is 15.8. The minimum Gasteiger partial charge on any atom is -0.493 e. The van der Waals surface area contributed by atoms with E-state index in [1.165, 1.54) is 28.4 Å². The molecule has 28 heavy (non-hydrogen) atoms. The first-order chi connectivity index (χ1) is 13.6. The molecule has 9 nitrogen and oxygen atoms in total. The van der Waals surface area contributed by atoms with Crippen molar-refractivity contribution in [2.24, 2.45) is 0 Å². The highest BCUT2D eigenvalue weighted by Gasteiger charge is 2.18. The van der Waals surface area contributed by atoms with E-state index in [1.807, 2.05) is 0 Å². The van der Waals surface area contributed by atoms with Crippen molar-refractivity contribution in [3.63, 3.8) is 0 Å². The van der Waals surface area contributed by atoms with Crippen molar-refractivity contribution in [3.05, 3.63) is 35.9 Å². The quantitative estimate of drug-likeness (QED) is 0.623. The normalized spacial score (nSPS) is 10.4. The van der Waals surface area contributed by atoms with Gasteiger partial charge in [0.1, 0.15) is 0 Å². The smallest absolute Gasteiger partial charge is 0.257 e. The van der Waals surface area contributed by atoms with Gasteiger partial charge in [-0.15, -0.1) is 5.10 Å². The van der Waals surface area contributed by atoms with Gasteiger partial charge in [0.2, 0.25) is 6.41 Å². The van der Waals surface area contributed by atoms with Crippen LogP contribution >= 0.6 is 0 Å². The summed E-state index contributed by atoms with van der Waals surface area (Å²) in [5.74, 6) is 1.60. The molecule has 0 spiro atoms. The molecule has 9 heteroatoms. The molecule has 1 N–H and O–H groups in total. The summed E-state index contributed by atoms with van der Waals surface area (Å²) >= 11 is 0. The van der Waals surface area contributed by atoms with Gasteiger partial charge in [0.05, 0.1) is 34.0 Å². The Bertz CT molecular complexity index is 1040. The Morgan fingerprint density at radius 1 is 0.929 bits per heavy atom. The Morgan fingerprint density at radius 2 is 1.54 bits per heavy atom. The number of ether oxygens (including phenoxy) is 4. The van der Waals surface area contributed by atoms with E-state index in [-0.39, 0.29) is 5.82 Å². The molecule has 0 saturated carbocycles. The van der Waals surface area contributed by atoms with Gasteiger partial charge in [0.15, 0.2) is 28.8 Å². The van der Waals surface area contributed by atoms with Crippen molar-refractivity contribution in [3.8, 4) is 23.0 Å². The highest BCUT2D eigenvalue weighted by atomic mass is 16.5. The molecule has 3 aromatic rings. The molecule has 0 fully saturated rings. The zero-order chi connectivity index (χ0) is 20.3. The van der Waals surface area contributed by atoms with E-state index in [2.05, 4.69) is 10.4 Å². The number of aromatic nitrogens is 2. The SMILES string of the molecule is COc1ccc(C(=O)Nc2nn(C=O)c3cc(OC)c(OC)cc23)cc1OC. The van der Waals surface area contributed by atoms with Crippen molar-refractivity contribution < 1.29 is 28.5 Å². The number of carbonyl (C=O) groups is 2. The standard InChI is InChI=1S/C19H19N3O6/c1-25-14-6-5-11(7-15(14)26-2)19(24)20-18-12-8-16(27-3)17(28-4)9-13(12)22(10-23)21-18/h5-10H,1-4H3,(H,20,21,24). The van der Waals surface area contributed by atoms with Crippen LogP contribution in [0.5, 0.6) is 23.0 Å². The largest absolute Gasteiger partial charge is 0.493 e. The third kappa shape index (κ3) is 3.29. The molecule has 3 rings (SSSR count). The number of hydrogen-bond acceptors (Lipinski definition) is 7. The van der Waals surface area contributed by atoms with Gasteiger partial charge >= 0.3 is 0 Å². The Hall–Kier alpha value is -3.75. The van der Waals surface area contributed by atoms with Gasteiger partial charge in [-0.05, 0) is 24.3 Å². The molecule has 0 aliphatic heterocycles. The summed E-state index contributed by atoms with van der Waals surface area (Å²) in [6.45, 7) is 0. The molecular weight excluding hydrogens is 366 g/mol. The predicted molar refractivity (Wildman–Crippen MR) is 102 cm³/mol. The molecule has 0 saturated heterocycles. The minimum atomic E-state index is -0.423. The highest BCUT2D eigenvalue weighted by Crippen LogP contribution is 2.35. The molecule has 1 amide bonds. The van der Waals surface area contributed by atoms with Crippen LogP contribution in [0.15, 0.2) is 30.3 Å². The minimum absolute atomic E-state index is 0.211. The first-order valence-electron chi connectivity index (χ1n) is 8.19. The summed E-state index contributed by atoms with van der Waals surface area (Å²) < 4.78 is 22.1. The fourth-order valence-electron chi connectivity index (χ4n) is 2.79. The lowest BCUT2D eigenvalue weighted by molar-refractivity contribution is 0.102.